The molecule has 0 aliphatic rings. The summed E-state index contributed by atoms with van der Waals surface area (Å²) in [6.07, 6.45) is 1.85. The molecule has 0 radical (unpaired) electrons. The molecule has 0 amide bonds. The zero-order valence-corrected chi connectivity index (χ0v) is 12.0. The van der Waals surface area contributed by atoms with Gasteiger partial charge in [0.05, 0.1) is 5.56 Å². The lowest BCUT2D eigenvalue weighted by Crippen LogP contribution is -2.15. The zero-order valence-electron chi connectivity index (χ0n) is 12.0. The van der Waals surface area contributed by atoms with E-state index in [0.29, 0.717) is 17.4 Å². The largest absolute Gasteiger partial charge is 0.383 e. The van der Waals surface area contributed by atoms with Crippen molar-refractivity contribution in [2.45, 2.75) is 25.9 Å². The Hall–Kier alpha value is -1.81. The van der Waals surface area contributed by atoms with Crippen LogP contribution in [0.5, 0.6) is 0 Å². The molecule has 1 nitrogen and oxygen atoms in total. The molecule has 2 aromatic rings. The highest BCUT2D eigenvalue weighted by Crippen LogP contribution is 2.31. The lowest BCUT2D eigenvalue weighted by atomic mass is 10.0. The van der Waals surface area contributed by atoms with Gasteiger partial charge in [0.1, 0.15) is 5.82 Å². The molecule has 0 saturated heterocycles. The Morgan fingerprint density at radius 1 is 1.14 bits per heavy atom. The number of fused-ring (bicyclic) bond motifs is 1. The first-order chi connectivity index (χ1) is 9.97. The fraction of sp³-hybridized carbons (Fsp3) is 0.294. The maximum atomic E-state index is 14.0. The summed E-state index contributed by atoms with van der Waals surface area (Å²) in [5, 5.41) is 1.18. The Morgan fingerprint density at radius 3 is 2.57 bits per heavy atom. The van der Waals surface area contributed by atoms with E-state index in [0.717, 1.165) is 18.9 Å². The normalized spacial score (nSPS) is 12.4. The first kappa shape index (κ1) is 15.6. The summed E-state index contributed by atoms with van der Waals surface area (Å²) in [4.78, 5) is 0. The molecule has 0 fully saturated rings. The van der Waals surface area contributed by atoms with Crippen molar-refractivity contribution in [3.63, 3.8) is 0 Å². The average molecular weight is 294 g/mol. The minimum atomic E-state index is -3.37. The maximum absolute atomic E-state index is 14.0. The fourth-order valence-corrected chi connectivity index (χ4v) is 2.21. The van der Waals surface area contributed by atoms with Crippen LogP contribution in [0.15, 0.2) is 42.5 Å². The van der Waals surface area contributed by atoms with Gasteiger partial charge in [0.25, 0.3) is 0 Å². The molecule has 0 N–H and O–H groups in total. The summed E-state index contributed by atoms with van der Waals surface area (Å²) in [5.41, 5.74) is 0.311. The number of allylic oxidation sites excluding steroid dienone is 2. The first-order valence-electron chi connectivity index (χ1n) is 6.74. The van der Waals surface area contributed by atoms with E-state index in [2.05, 4.69) is 4.74 Å². The molecule has 2 rings (SSSR count). The lowest BCUT2D eigenvalue weighted by molar-refractivity contribution is -0.231. The van der Waals surface area contributed by atoms with E-state index in [1.165, 1.54) is 18.2 Å². The molecule has 0 unspecified atom stereocenters. The topological polar surface area (TPSA) is 9.23 Å². The van der Waals surface area contributed by atoms with Crippen molar-refractivity contribution in [3.05, 3.63) is 59.4 Å². The van der Waals surface area contributed by atoms with Gasteiger partial charge in [-0.3, -0.25) is 0 Å². The summed E-state index contributed by atoms with van der Waals surface area (Å²) < 4.78 is 45.1. The number of hydrogen-bond donors (Lipinski definition) is 0. The van der Waals surface area contributed by atoms with Crippen LogP contribution in [0, 0.1) is 5.82 Å². The molecule has 4 heteroatoms. The van der Waals surface area contributed by atoms with E-state index in [1.54, 1.807) is 12.1 Å². The van der Waals surface area contributed by atoms with Crippen molar-refractivity contribution in [2.24, 2.45) is 0 Å². The van der Waals surface area contributed by atoms with Crippen molar-refractivity contribution in [2.75, 3.05) is 7.11 Å². The summed E-state index contributed by atoms with van der Waals surface area (Å²) in [6.45, 7) is 1.91. The maximum Gasteiger partial charge on any atom is 0.383 e. The third-order valence-electron chi connectivity index (χ3n) is 3.41. The molecule has 0 saturated carbocycles. The van der Waals surface area contributed by atoms with Crippen LogP contribution < -0.4 is 0 Å². The molecule has 0 bridgehead atoms. The molecule has 0 heterocycles. The predicted octanol–water partition coefficient (Wildman–Crippen LogP) is 5.18. The van der Waals surface area contributed by atoms with Gasteiger partial charge < -0.3 is 4.74 Å². The lowest BCUT2D eigenvalue weighted by Gasteiger charge is -2.15. The summed E-state index contributed by atoms with van der Waals surface area (Å²) in [5.74, 6) is -0.370. The molecule has 112 valence electrons. The van der Waals surface area contributed by atoms with Crippen LogP contribution in [-0.2, 0) is 17.3 Å². The number of alkyl halides is 2. The molecule has 2 aromatic carbocycles. The molecular formula is C17H17F3O. The van der Waals surface area contributed by atoms with Gasteiger partial charge in [-0.05, 0) is 60.4 Å². The number of halogens is 3. The van der Waals surface area contributed by atoms with Crippen molar-refractivity contribution < 1.29 is 17.9 Å². The van der Waals surface area contributed by atoms with Gasteiger partial charge in [0.15, 0.2) is 0 Å². The van der Waals surface area contributed by atoms with E-state index in [4.69, 9.17) is 0 Å². The highest BCUT2D eigenvalue weighted by Gasteiger charge is 2.31. The predicted molar refractivity (Wildman–Crippen MR) is 77.9 cm³/mol. The molecule has 0 aliphatic heterocycles. The number of rotatable bonds is 5. The number of benzene rings is 2. The van der Waals surface area contributed by atoms with Crippen molar-refractivity contribution >= 4 is 10.8 Å². The Bertz CT molecular complexity index is 662. The monoisotopic (exact) mass is 294 g/mol. The van der Waals surface area contributed by atoms with Gasteiger partial charge in [-0.1, -0.05) is 18.2 Å². The van der Waals surface area contributed by atoms with E-state index in [1.807, 2.05) is 19.1 Å². The minimum Gasteiger partial charge on any atom is -0.320 e. The van der Waals surface area contributed by atoms with Gasteiger partial charge in [0.2, 0.25) is 0 Å². The van der Waals surface area contributed by atoms with Crippen LogP contribution in [0.3, 0.4) is 0 Å². The van der Waals surface area contributed by atoms with E-state index in [-0.39, 0.29) is 11.4 Å². The van der Waals surface area contributed by atoms with Crippen molar-refractivity contribution in [1.82, 2.24) is 0 Å². The molecular weight excluding hydrogens is 277 g/mol. The van der Waals surface area contributed by atoms with Crippen molar-refractivity contribution in [1.29, 1.82) is 0 Å². The smallest absolute Gasteiger partial charge is 0.320 e. The van der Waals surface area contributed by atoms with E-state index in [9.17, 15) is 13.2 Å². The fourth-order valence-electron chi connectivity index (χ4n) is 2.21. The summed E-state index contributed by atoms with van der Waals surface area (Å²) >= 11 is 0. The number of aryl methyl sites for hydroxylation is 1. The second-order valence-corrected chi connectivity index (χ2v) is 4.83. The van der Waals surface area contributed by atoms with Gasteiger partial charge in [-0.2, -0.15) is 8.78 Å². The van der Waals surface area contributed by atoms with Crippen LogP contribution in [0.2, 0.25) is 0 Å². The zero-order chi connectivity index (χ0) is 15.5. The van der Waals surface area contributed by atoms with Crippen LogP contribution in [0.4, 0.5) is 13.2 Å². The summed E-state index contributed by atoms with van der Waals surface area (Å²) in [6, 6.07) is 7.14. The third-order valence-corrected chi connectivity index (χ3v) is 3.41. The standard InChI is InChI=1S/C17H17F3O/c1-3-4-5-6-13-9-12-7-8-15(17(19,20)21-2)10-14(12)11-16(13)18/h3-4,7-11H,5-6H2,1-2H3. The first-order valence-corrected chi connectivity index (χ1v) is 6.74. The summed E-state index contributed by atoms with van der Waals surface area (Å²) in [7, 11) is 0.940. The number of methoxy groups -OCH3 is 1. The molecule has 0 aromatic heterocycles. The molecule has 0 atom stereocenters. The van der Waals surface area contributed by atoms with Gasteiger partial charge in [-0.25, -0.2) is 4.39 Å². The van der Waals surface area contributed by atoms with Gasteiger partial charge >= 0.3 is 6.11 Å². The molecule has 0 aliphatic carbocycles. The molecule has 0 spiro atoms. The average Bonchev–Trinajstić information content (AvgIpc) is 2.47. The van der Waals surface area contributed by atoms with Gasteiger partial charge in [0, 0.05) is 7.11 Å². The second-order valence-electron chi connectivity index (χ2n) is 4.83. The Balaban J connectivity index is 2.40. The minimum absolute atomic E-state index is 0.279. The van der Waals surface area contributed by atoms with Crippen LogP contribution in [-0.4, -0.2) is 7.11 Å². The number of hydrogen-bond acceptors (Lipinski definition) is 1. The molecule has 21 heavy (non-hydrogen) atoms. The number of ether oxygens (including phenoxy) is 1. The van der Waals surface area contributed by atoms with Crippen LogP contribution in [0.25, 0.3) is 10.8 Å². The van der Waals surface area contributed by atoms with E-state index >= 15 is 0 Å². The van der Waals surface area contributed by atoms with Crippen LogP contribution in [0.1, 0.15) is 24.5 Å². The quantitative estimate of drug-likeness (QED) is 0.690. The van der Waals surface area contributed by atoms with E-state index < -0.39 is 6.11 Å². The SMILES string of the molecule is CC=CCCc1cc2ccc(C(F)(F)OC)cc2cc1F. The Morgan fingerprint density at radius 2 is 1.90 bits per heavy atom. The van der Waals surface area contributed by atoms with Crippen molar-refractivity contribution in [3.8, 4) is 0 Å². The second kappa shape index (κ2) is 6.31. The van der Waals surface area contributed by atoms with Crippen LogP contribution >= 0.6 is 0 Å². The third kappa shape index (κ3) is 3.45. The highest BCUT2D eigenvalue weighted by atomic mass is 19.3. The Labute approximate surface area is 122 Å². The van der Waals surface area contributed by atoms with Gasteiger partial charge in [-0.15, -0.1) is 0 Å². The highest BCUT2D eigenvalue weighted by molar-refractivity contribution is 5.84. The Kier molecular flexibility index (Phi) is 4.68.